The third-order valence-corrected chi connectivity index (χ3v) is 4.53. The number of rotatable bonds is 4. The third-order valence-electron chi connectivity index (χ3n) is 3.98. The summed E-state index contributed by atoms with van der Waals surface area (Å²) in [6.45, 7) is 8.37. The van der Waals surface area contributed by atoms with Crippen LogP contribution in [0.1, 0.15) is 56.6 Å². The molecule has 0 unspecified atom stereocenters. The maximum atomic E-state index is 12.2. The summed E-state index contributed by atoms with van der Waals surface area (Å²) in [5, 5.41) is 0. The van der Waals surface area contributed by atoms with Crippen molar-refractivity contribution in [3.63, 3.8) is 0 Å². The third kappa shape index (κ3) is 6.21. The minimum Gasteiger partial charge on any atom is -0.444 e. The molecular formula is C17H27N3O5S. The van der Waals surface area contributed by atoms with Crippen LogP contribution in [0.3, 0.4) is 0 Å². The van der Waals surface area contributed by atoms with Crippen LogP contribution in [-0.2, 0) is 25.6 Å². The lowest BCUT2D eigenvalue weighted by atomic mass is 9.91. The van der Waals surface area contributed by atoms with Gasteiger partial charge in [0.1, 0.15) is 11.4 Å². The van der Waals surface area contributed by atoms with Crippen LogP contribution in [0, 0.1) is 6.92 Å². The van der Waals surface area contributed by atoms with Crippen LogP contribution in [0.2, 0.25) is 0 Å². The summed E-state index contributed by atoms with van der Waals surface area (Å²) in [6, 6.07) is 0. The second kappa shape index (κ2) is 7.87. The fourth-order valence-corrected chi connectivity index (χ4v) is 3.15. The maximum absolute atomic E-state index is 12.2. The molecule has 0 saturated carbocycles. The Morgan fingerprint density at radius 3 is 2.46 bits per heavy atom. The number of aryl methyl sites for hydroxylation is 1. The van der Waals surface area contributed by atoms with E-state index in [9.17, 15) is 13.2 Å². The number of carbonyl (C=O) groups excluding carboxylic acids is 1. The van der Waals surface area contributed by atoms with Crippen LogP contribution in [0.25, 0.3) is 0 Å². The summed E-state index contributed by atoms with van der Waals surface area (Å²) in [5.74, 6) is 0.742. The lowest BCUT2D eigenvalue weighted by molar-refractivity contribution is 0.0203. The van der Waals surface area contributed by atoms with Gasteiger partial charge in [0.05, 0.1) is 18.6 Å². The molecule has 0 radical (unpaired) electrons. The first-order valence-corrected chi connectivity index (χ1v) is 10.4. The normalized spacial score (nSPS) is 16.6. The number of nitrogens with zero attached hydrogens (tertiary/aromatic N) is 3. The fraction of sp³-hybridized carbons (Fsp3) is 0.706. The average Bonchev–Trinajstić information content (AvgIpc) is 2.51. The molecule has 146 valence electrons. The lowest BCUT2D eigenvalue weighted by Gasteiger charge is -2.33. The molecule has 0 bridgehead atoms. The Morgan fingerprint density at radius 2 is 1.92 bits per heavy atom. The maximum Gasteiger partial charge on any atom is 0.410 e. The highest BCUT2D eigenvalue weighted by Crippen LogP contribution is 2.30. The predicted octanol–water partition coefficient (Wildman–Crippen LogP) is 2.38. The quantitative estimate of drug-likeness (QED) is 0.734. The minimum atomic E-state index is -3.54. The summed E-state index contributed by atoms with van der Waals surface area (Å²) >= 11 is 0. The number of hydrogen-bond donors (Lipinski definition) is 0. The molecule has 1 fully saturated rings. The summed E-state index contributed by atoms with van der Waals surface area (Å²) in [5.41, 5.74) is 0.940. The predicted molar refractivity (Wildman–Crippen MR) is 96.2 cm³/mol. The molecule has 0 spiro atoms. The second-order valence-corrected chi connectivity index (χ2v) is 9.18. The van der Waals surface area contributed by atoms with Crippen molar-refractivity contribution in [1.29, 1.82) is 0 Å². The number of amides is 1. The van der Waals surface area contributed by atoms with Gasteiger partial charge >= 0.3 is 6.09 Å². The zero-order valence-electron chi connectivity index (χ0n) is 16.0. The van der Waals surface area contributed by atoms with Crippen molar-refractivity contribution >= 4 is 16.2 Å². The first-order chi connectivity index (χ1) is 11.9. The van der Waals surface area contributed by atoms with Crippen molar-refractivity contribution in [2.24, 2.45) is 0 Å². The zero-order chi connectivity index (χ0) is 19.5. The molecule has 1 aliphatic rings. The molecule has 9 heteroatoms. The Labute approximate surface area is 155 Å². The molecule has 0 aliphatic carbocycles. The van der Waals surface area contributed by atoms with Gasteiger partial charge in [0.15, 0.2) is 0 Å². The van der Waals surface area contributed by atoms with Crippen LogP contribution < -0.4 is 0 Å². The smallest absolute Gasteiger partial charge is 0.410 e. The molecule has 0 N–H and O–H groups in total. The van der Waals surface area contributed by atoms with Crippen LogP contribution >= 0.6 is 0 Å². The van der Waals surface area contributed by atoms with Gasteiger partial charge in [0.25, 0.3) is 10.1 Å². The van der Waals surface area contributed by atoms with Gasteiger partial charge in [-0.3, -0.25) is 4.18 Å². The summed E-state index contributed by atoms with van der Waals surface area (Å²) in [7, 11) is -3.54. The number of hydrogen-bond acceptors (Lipinski definition) is 7. The van der Waals surface area contributed by atoms with Gasteiger partial charge in [-0.1, -0.05) is 0 Å². The molecule has 26 heavy (non-hydrogen) atoms. The molecule has 1 aromatic rings. The molecule has 0 aromatic carbocycles. The highest BCUT2D eigenvalue weighted by atomic mass is 32.2. The summed E-state index contributed by atoms with van der Waals surface area (Å²) < 4.78 is 32.9. The Balaban J connectivity index is 2.06. The molecule has 1 saturated heterocycles. The minimum absolute atomic E-state index is 0.0826. The zero-order valence-corrected chi connectivity index (χ0v) is 16.8. The SMILES string of the molecule is Cc1ncc(COS(C)(=O)=O)c(C2CCN(C(=O)OC(C)(C)C)CC2)n1. The average molecular weight is 385 g/mol. The highest BCUT2D eigenvalue weighted by molar-refractivity contribution is 7.85. The van der Waals surface area contributed by atoms with Gasteiger partial charge in [-0.15, -0.1) is 0 Å². The van der Waals surface area contributed by atoms with E-state index in [-0.39, 0.29) is 18.6 Å². The van der Waals surface area contributed by atoms with Crippen LogP contribution in [-0.4, -0.2) is 54.3 Å². The molecule has 8 nitrogen and oxygen atoms in total. The van der Waals surface area contributed by atoms with E-state index in [4.69, 9.17) is 8.92 Å². The number of aromatic nitrogens is 2. The molecule has 1 aromatic heterocycles. The number of ether oxygens (including phenoxy) is 1. The van der Waals surface area contributed by atoms with E-state index >= 15 is 0 Å². The summed E-state index contributed by atoms with van der Waals surface area (Å²) in [4.78, 5) is 22.5. The Bertz CT molecular complexity index is 750. The van der Waals surface area contributed by atoms with Crippen molar-refractivity contribution in [3.8, 4) is 0 Å². The van der Waals surface area contributed by atoms with Gasteiger partial charge in [-0.2, -0.15) is 8.42 Å². The second-order valence-electron chi connectivity index (χ2n) is 7.54. The van der Waals surface area contributed by atoms with E-state index in [0.29, 0.717) is 24.5 Å². The number of likely N-dealkylation sites (tertiary alicyclic amines) is 1. The van der Waals surface area contributed by atoms with E-state index < -0.39 is 15.7 Å². The van der Waals surface area contributed by atoms with Gasteiger partial charge < -0.3 is 9.64 Å². The van der Waals surface area contributed by atoms with E-state index in [1.165, 1.54) is 0 Å². The number of piperidine rings is 1. The molecule has 1 amide bonds. The molecule has 2 heterocycles. The van der Waals surface area contributed by atoms with Crippen molar-refractivity contribution in [1.82, 2.24) is 14.9 Å². The van der Waals surface area contributed by atoms with Gasteiger partial charge in [0, 0.05) is 30.8 Å². The summed E-state index contributed by atoms with van der Waals surface area (Å²) in [6.07, 6.45) is 3.77. The molecular weight excluding hydrogens is 358 g/mol. The van der Waals surface area contributed by atoms with Crippen molar-refractivity contribution in [3.05, 3.63) is 23.3 Å². The van der Waals surface area contributed by atoms with Gasteiger partial charge in [-0.25, -0.2) is 14.8 Å². The van der Waals surface area contributed by atoms with Gasteiger partial charge in [0.2, 0.25) is 0 Å². The van der Waals surface area contributed by atoms with Crippen LogP contribution in [0.15, 0.2) is 6.20 Å². The molecule has 0 atom stereocenters. The fourth-order valence-electron chi connectivity index (χ4n) is 2.81. The monoisotopic (exact) mass is 385 g/mol. The standard InChI is InChI=1S/C17H27N3O5S/c1-12-18-10-14(11-24-26(5,22)23)15(19-12)13-6-8-20(9-7-13)16(21)25-17(2,3)4/h10,13H,6-9,11H2,1-5H3. The topological polar surface area (TPSA) is 98.7 Å². The first-order valence-electron chi connectivity index (χ1n) is 8.59. The van der Waals surface area contributed by atoms with Crippen molar-refractivity contribution in [2.45, 2.75) is 58.7 Å². The van der Waals surface area contributed by atoms with E-state index in [1.807, 2.05) is 20.8 Å². The van der Waals surface area contributed by atoms with E-state index in [2.05, 4.69) is 9.97 Å². The van der Waals surface area contributed by atoms with E-state index in [1.54, 1.807) is 18.0 Å². The lowest BCUT2D eigenvalue weighted by Crippen LogP contribution is -2.41. The highest BCUT2D eigenvalue weighted by Gasteiger charge is 2.29. The molecule has 2 rings (SSSR count). The Morgan fingerprint density at radius 1 is 1.31 bits per heavy atom. The largest absolute Gasteiger partial charge is 0.444 e. The number of carbonyl (C=O) groups is 1. The molecule has 1 aliphatic heterocycles. The first kappa shape index (κ1) is 20.6. The van der Waals surface area contributed by atoms with Gasteiger partial charge in [-0.05, 0) is 40.5 Å². The van der Waals surface area contributed by atoms with Crippen molar-refractivity contribution in [2.75, 3.05) is 19.3 Å². The Hall–Kier alpha value is -1.74. The van der Waals surface area contributed by atoms with Crippen molar-refractivity contribution < 1.29 is 22.1 Å². The van der Waals surface area contributed by atoms with E-state index in [0.717, 1.165) is 24.8 Å². The van der Waals surface area contributed by atoms with Crippen LogP contribution in [0.4, 0.5) is 4.79 Å². The van der Waals surface area contributed by atoms with Crippen LogP contribution in [0.5, 0.6) is 0 Å². The Kier molecular flexibility index (Phi) is 6.23.